The number of benzene rings is 1. The number of cyclic esters (lactones) is 1. The number of hydrogen-bond acceptors (Lipinski definition) is 3. The summed E-state index contributed by atoms with van der Waals surface area (Å²) in [6, 6.07) is 5.86. The van der Waals surface area contributed by atoms with Gasteiger partial charge in [0.2, 0.25) is 0 Å². The van der Waals surface area contributed by atoms with Gasteiger partial charge in [-0.2, -0.15) is 0 Å². The molecule has 1 fully saturated rings. The summed E-state index contributed by atoms with van der Waals surface area (Å²) in [5.41, 5.74) is 2.06. The van der Waals surface area contributed by atoms with Crippen LogP contribution in [0, 0.1) is 0 Å². The summed E-state index contributed by atoms with van der Waals surface area (Å²) in [6.07, 6.45) is 3.04. The Morgan fingerprint density at radius 1 is 1.56 bits per heavy atom. The molecule has 4 nitrogen and oxygen atoms in total. The standard InChI is InChI=1S/C14H15NO3/c1-3-13-12-6-4-9-8-10(17-2)5-7-11(9)15(12)14(16)18-13/h3,5,7-8,12-13H,1,4,6H2,2H3/t12-,13-/m1/s1. The van der Waals surface area contributed by atoms with E-state index in [4.69, 9.17) is 9.47 Å². The third-order valence-electron chi connectivity index (χ3n) is 3.63. The van der Waals surface area contributed by atoms with Crippen LogP contribution in [0.25, 0.3) is 0 Å². The van der Waals surface area contributed by atoms with E-state index in [0.29, 0.717) is 0 Å². The minimum atomic E-state index is -0.281. The second kappa shape index (κ2) is 4.05. The highest BCUT2D eigenvalue weighted by Crippen LogP contribution is 2.38. The van der Waals surface area contributed by atoms with Crippen molar-refractivity contribution in [2.75, 3.05) is 12.0 Å². The molecule has 1 aromatic carbocycles. The summed E-state index contributed by atoms with van der Waals surface area (Å²) in [6.45, 7) is 3.73. The topological polar surface area (TPSA) is 38.8 Å². The van der Waals surface area contributed by atoms with Crippen LogP contribution in [0.1, 0.15) is 12.0 Å². The van der Waals surface area contributed by atoms with E-state index in [1.165, 1.54) is 0 Å². The quantitative estimate of drug-likeness (QED) is 0.751. The first-order valence-electron chi connectivity index (χ1n) is 6.04. The van der Waals surface area contributed by atoms with Crippen LogP contribution in [0.3, 0.4) is 0 Å². The molecule has 0 aliphatic carbocycles. The summed E-state index contributed by atoms with van der Waals surface area (Å²) in [5.74, 6) is 0.819. The summed E-state index contributed by atoms with van der Waals surface area (Å²) in [7, 11) is 1.64. The highest BCUT2D eigenvalue weighted by atomic mass is 16.6. The lowest BCUT2D eigenvalue weighted by molar-refractivity contribution is 0.153. The third-order valence-corrected chi connectivity index (χ3v) is 3.63. The van der Waals surface area contributed by atoms with Gasteiger partial charge in [0.05, 0.1) is 18.8 Å². The predicted octanol–water partition coefficient (Wildman–Crippen LogP) is 2.52. The van der Waals surface area contributed by atoms with Crippen LogP contribution in [0.5, 0.6) is 5.75 Å². The Balaban J connectivity index is 2.03. The SMILES string of the molecule is C=C[C@H]1OC(=O)N2c3ccc(OC)cc3CC[C@H]12. The first-order chi connectivity index (χ1) is 8.74. The van der Waals surface area contributed by atoms with Crippen molar-refractivity contribution in [2.24, 2.45) is 0 Å². The fourth-order valence-corrected chi connectivity index (χ4v) is 2.74. The number of fused-ring (bicyclic) bond motifs is 3. The molecule has 2 aliphatic heterocycles. The molecule has 3 rings (SSSR count). The second-order valence-corrected chi connectivity index (χ2v) is 4.55. The van der Waals surface area contributed by atoms with Crippen LogP contribution in [0.15, 0.2) is 30.9 Å². The summed E-state index contributed by atoms with van der Waals surface area (Å²) < 4.78 is 10.5. The van der Waals surface area contributed by atoms with E-state index in [-0.39, 0.29) is 18.2 Å². The van der Waals surface area contributed by atoms with Gasteiger partial charge in [0.15, 0.2) is 0 Å². The molecular formula is C14H15NO3. The number of anilines is 1. The molecule has 2 aliphatic rings. The maximum atomic E-state index is 11.9. The maximum absolute atomic E-state index is 11.9. The van der Waals surface area contributed by atoms with Gasteiger partial charge in [-0.3, -0.25) is 4.90 Å². The van der Waals surface area contributed by atoms with E-state index in [2.05, 4.69) is 6.58 Å². The van der Waals surface area contributed by atoms with Gasteiger partial charge in [0.1, 0.15) is 11.9 Å². The van der Waals surface area contributed by atoms with E-state index in [1.807, 2.05) is 18.2 Å². The van der Waals surface area contributed by atoms with Crippen LogP contribution < -0.4 is 9.64 Å². The largest absolute Gasteiger partial charge is 0.497 e. The Morgan fingerprint density at radius 2 is 2.39 bits per heavy atom. The minimum Gasteiger partial charge on any atom is -0.497 e. The Morgan fingerprint density at radius 3 is 3.11 bits per heavy atom. The Kier molecular flexibility index (Phi) is 2.51. The second-order valence-electron chi connectivity index (χ2n) is 4.55. The predicted molar refractivity (Wildman–Crippen MR) is 68.0 cm³/mol. The molecule has 0 saturated carbocycles. The molecule has 1 amide bonds. The third kappa shape index (κ3) is 1.49. The number of carbonyl (C=O) groups is 1. The molecule has 18 heavy (non-hydrogen) atoms. The zero-order valence-corrected chi connectivity index (χ0v) is 10.3. The zero-order valence-electron chi connectivity index (χ0n) is 10.3. The smallest absolute Gasteiger partial charge is 0.415 e. The number of rotatable bonds is 2. The number of nitrogens with zero attached hydrogens (tertiary/aromatic N) is 1. The van der Waals surface area contributed by atoms with E-state index < -0.39 is 0 Å². The van der Waals surface area contributed by atoms with Crippen molar-refractivity contribution < 1.29 is 14.3 Å². The monoisotopic (exact) mass is 245 g/mol. The number of methoxy groups -OCH3 is 1. The highest BCUT2D eigenvalue weighted by Gasteiger charge is 2.43. The lowest BCUT2D eigenvalue weighted by Crippen LogP contribution is -2.39. The van der Waals surface area contributed by atoms with Crippen LogP contribution >= 0.6 is 0 Å². The molecule has 0 radical (unpaired) electrons. The molecule has 0 bridgehead atoms. The Labute approximate surface area is 106 Å². The van der Waals surface area contributed by atoms with Gasteiger partial charge in [-0.15, -0.1) is 0 Å². The molecule has 0 spiro atoms. The van der Waals surface area contributed by atoms with Gasteiger partial charge in [-0.05, 0) is 42.7 Å². The van der Waals surface area contributed by atoms with Gasteiger partial charge < -0.3 is 9.47 Å². The lowest BCUT2D eigenvalue weighted by atomic mass is 9.93. The first-order valence-corrected chi connectivity index (χ1v) is 6.04. The molecule has 0 N–H and O–H groups in total. The van der Waals surface area contributed by atoms with Gasteiger partial charge in [0, 0.05) is 0 Å². The molecule has 4 heteroatoms. The lowest BCUT2D eigenvalue weighted by Gasteiger charge is -2.30. The van der Waals surface area contributed by atoms with E-state index in [0.717, 1.165) is 29.8 Å². The summed E-state index contributed by atoms with van der Waals surface area (Å²) >= 11 is 0. The van der Waals surface area contributed by atoms with Crippen molar-refractivity contribution >= 4 is 11.8 Å². The van der Waals surface area contributed by atoms with Crippen molar-refractivity contribution in [3.8, 4) is 5.75 Å². The van der Waals surface area contributed by atoms with Crippen molar-refractivity contribution in [3.05, 3.63) is 36.4 Å². The average molecular weight is 245 g/mol. The molecule has 2 atom stereocenters. The van der Waals surface area contributed by atoms with E-state index in [1.54, 1.807) is 18.1 Å². The van der Waals surface area contributed by atoms with Crippen LogP contribution in [0.4, 0.5) is 10.5 Å². The van der Waals surface area contributed by atoms with Crippen molar-refractivity contribution in [1.29, 1.82) is 0 Å². The summed E-state index contributed by atoms with van der Waals surface area (Å²) in [5, 5.41) is 0. The van der Waals surface area contributed by atoms with Crippen molar-refractivity contribution in [3.63, 3.8) is 0 Å². The van der Waals surface area contributed by atoms with Crippen molar-refractivity contribution in [2.45, 2.75) is 25.0 Å². The zero-order chi connectivity index (χ0) is 12.7. The van der Waals surface area contributed by atoms with Gasteiger partial charge in [0.25, 0.3) is 0 Å². The van der Waals surface area contributed by atoms with E-state index >= 15 is 0 Å². The Bertz CT molecular complexity index is 512. The molecule has 1 aromatic rings. The van der Waals surface area contributed by atoms with E-state index in [9.17, 15) is 4.79 Å². The van der Waals surface area contributed by atoms with Crippen LogP contribution in [0.2, 0.25) is 0 Å². The number of hydrogen-bond donors (Lipinski definition) is 0. The fourth-order valence-electron chi connectivity index (χ4n) is 2.74. The number of carbonyl (C=O) groups excluding carboxylic acids is 1. The molecule has 1 saturated heterocycles. The van der Waals surface area contributed by atoms with Crippen LogP contribution in [-0.4, -0.2) is 25.3 Å². The van der Waals surface area contributed by atoms with Gasteiger partial charge in [-0.25, -0.2) is 4.79 Å². The minimum absolute atomic E-state index is 0.0795. The normalized spacial score (nSPS) is 25.2. The molecule has 94 valence electrons. The Hall–Kier alpha value is -1.97. The van der Waals surface area contributed by atoms with Gasteiger partial charge >= 0.3 is 6.09 Å². The molecule has 0 aromatic heterocycles. The number of amides is 1. The molecule has 2 heterocycles. The highest BCUT2D eigenvalue weighted by molar-refractivity contribution is 5.92. The molecule has 0 unspecified atom stereocenters. The van der Waals surface area contributed by atoms with Crippen molar-refractivity contribution in [1.82, 2.24) is 0 Å². The maximum Gasteiger partial charge on any atom is 0.415 e. The average Bonchev–Trinajstić information content (AvgIpc) is 2.75. The van der Waals surface area contributed by atoms with Gasteiger partial charge in [-0.1, -0.05) is 6.58 Å². The summed E-state index contributed by atoms with van der Waals surface area (Å²) in [4.78, 5) is 13.7. The van der Waals surface area contributed by atoms with Crippen LogP contribution in [-0.2, 0) is 11.2 Å². The number of aryl methyl sites for hydroxylation is 1. The number of ether oxygens (including phenoxy) is 2. The first kappa shape index (κ1) is 11.1. The fraction of sp³-hybridized carbons (Fsp3) is 0.357. The molecular weight excluding hydrogens is 230 g/mol.